The third-order valence-electron chi connectivity index (χ3n) is 4.64. The molecular formula is C20H26N4O. The number of benzene rings is 1. The summed E-state index contributed by atoms with van der Waals surface area (Å²) in [7, 11) is 0. The normalized spacial score (nSPS) is 18.0. The lowest BCUT2D eigenvalue weighted by Crippen LogP contribution is -2.41. The van der Waals surface area contributed by atoms with Crippen molar-refractivity contribution in [1.82, 2.24) is 19.7 Å². The molecule has 0 bridgehead atoms. The highest BCUT2D eigenvalue weighted by Gasteiger charge is 2.26. The van der Waals surface area contributed by atoms with Gasteiger partial charge >= 0.3 is 0 Å². The fraction of sp³-hybridized carbons (Fsp3) is 0.450. The molecule has 25 heavy (non-hydrogen) atoms. The second-order valence-corrected chi connectivity index (χ2v) is 6.64. The zero-order valence-corrected chi connectivity index (χ0v) is 15.1. The highest BCUT2D eigenvalue weighted by Crippen LogP contribution is 2.22. The van der Waals surface area contributed by atoms with Gasteiger partial charge in [-0.2, -0.15) is 5.10 Å². The van der Waals surface area contributed by atoms with Crippen LogP contribution in [0, 0.1) is 13.8 Å². The van der Waals surface area contributed by atoms with Gasteiger partial charge in [0.25, 0.3) is 0 Å². The zero-order chi connectivity index (χ0) is 17.6. The fourth-order valence-corrected chi connectivity index (χ4v) is 3.41. The van der Waals surface area contributed by atoms with Crippen LogP contribution in [-0.2, 0) is 4.79 Å². The number of allylic oxidation sites excluding steroid dienone is 1. The van der Waals surface area contributed by atoms with Crippen molar-refractivity contribution in [2.45, 2.75) is 45.6 Å². The number of amides is 1. The predicted octanol–water partition coefficient (Wildman–Crippen LogP) is 3.55. The van der Waals surface area contributed by atoms with Crippen molar-refractivity contribution < 1.29 is 4.79 Å². The molecule has 1 saturated heterocycles. The van der Waals surface area contributed by atoms with Gasteiger partial charge in [0.15, 0.2) is 0 Å². The van der Waals surface area contributed by atoms with E-state index in [4.69, 9.17) is 0 Å². The second kappa shape index (κ2) is 8.10. The summed E-state index contributed by atoms with van der Waals surface area (Å²) in [4.78, 5) is 18.9. The first-order valence-corrected chi connectivity index (χ1v) is 9.02. The van der Waals surface area contributed by atoms with Crippen LogP contribution in [0.25, 0.3) is 6.08 Å². The maximum atomic E-state index is 12.5. The molecule has 1 amide bonds. The predicted molar refractivity (Wildman–Crippen MR) is 99.1 cm³/mol. The minimum Gasteiger partial charge on any atom is -0.341 e. The van der Waals surface area contributed by atoms with Gasteiger partial charge in [-0.05, 0) is 38.7 Å². The van der Waals surface area contributed by atoms with Gasteiger partial charge in [-0.1, -0.05) is 42.5 Å². The lowest BCUT2D eigenvalue weighted by molar-refractivity contribution is -0.132. The molecule has 1 aliphatic rings. The van der Waals surface area contributed by atoms with Gasteiger partial charge in [-0.15, -0.1) is 0 Å². The van der Waals surface area contributed by atoms with Crippen molar-refractivity contribution in [3.63, 3.8) is 0 Å². The first-order valence-electron chi connectivity index (χ1n) is 9.02. The Morgan fingerprint density at radius 2 is 2.08 bits per heavy atom. The number of hydrogen-bond acceptors (Lipinski definition) is 3. The maximum Gasteiger partial charge on any atom is 0.222 e. The molecule has 1 fully saturated rings. The molecule has 1 aliphatic heterocycles. The molecule has 3 rings (SSSR count). The van der Waals surface area contributed by atoms with Crippen LogP contribution >= 0.6 is 0 Å². The Hall–Kier alpha value is -2.43. The van der Waals surface area contributed by atoms with Crippen molar-refractivity contribution in [2.24, 2.45) is 0 Å². The van der Waals surface area contributed by atoms with Crippen LogP contribution in [0.5, 0.6) is 0 Å². The molecule has 5 nitrogen and oxygen atoms in total. The molecule has 0 N–H and O–H groups in total. The molecule has 0 radical (unpaired) electrons. The van der Waals surface area contributed by atoms with Crippen LogP contribution in [0.1, 0.15) is 48.9 Å². The van der Waals surface area contributed by atoms with Crippen molar-refractivity contribution in [3.05, 3.63) is 53.6 Å². The molecule has 0 aliphatic carbocycles. The SMILES string of the molecule is Cc1nc(C)n([C@H]2CCCN(C(=O)CC/C=C/c3ccccc3)C2)n1. The average Bonchev–Trinajstić information content (AvgIpc) is 2.98. The van der Waals surface area contributed by atoms with Crippen molar-refractivity contribution in [2.75, 3.05) is 13.1 Å². The Kier molecular flexibility index (Phi) is 5.64. The summed E-state index contributed by atoms with van der Waals surface area (Å²) in [5, 5.41) is 4.49. The highest BCUT2D eigenvalue weighted by atomic mass is 16.2. The van der Waals surface area contributed by atoms with Gasteiger partial charge in [0.1, 0.15) is 11.6 Å². The smallest absolute Gasteiger partial charge is 0.222 e. The highest BCUT2D eigenvalue weighted by molar-refractivity contribution is 5.76. The molecule has 2 aromatic rings. The Bertz CT molecular complexity index is 735. The quantitative estimate of drug-likeness (QED) is 0.838. The molecule has 0 unspecified atom stereocenters. The lowest BCUT2D eigenvalue weighted by Gasteiger charge is -2.33. The van der Waals surface area contributed by atoms with Crippen molar-refractivity contribution >= 4 is 12.0 Å². The Labute approximate surface area is 149 Å². The summed E-state index contributed by atoms with van der Waals surface area (Å²) in [5.74, 6) is 1.96. The standard InChI is InChI=1S/C20H26N4O/c1-16-21-17(2)24(22-16)19-12-8-14-23(15-19)20(25)13-7-6-11-18-9-4-3-5-10-18/h3-6,9-11,19H,7-8,12-15H2,1-2H3/b11-6+/t19-/m0/s1. The number of carbonyl (C=O) groups is 1. The Morgan fingerprint density at radius 3 is 2.80 bits per heavy atom. The fourth-order valence-electron chi connectivity index (χ4n) is 3.41. The summed E-state index contributed by atoms with van der Waals surface area (Å²) in [6, 6.07) is 10.4. The molecular weight excluding hydrogens is 312 g/mol. The number of nitrogens with zero attached hydrogens (tertiary/aromatic N) is 4. The topological polar surface area (TPSA) is 51.0 Å². The van der Waals surface area contributed by atoms with Crippen LogP contribution in [0.4, 0.5) is 0 Å². The number of carbonyl (C=O) groups excluding carboxylic acids is 1. The summed E-state index contributed by atoms with van der Waals surface area (Å²) >= 11 is 0. The Morgan fingerprint density at radius 1 is 1.28 bits per heavy atom. The minimum absolute atomic E-state index is 0.233. The van der Waals surface area contributed by atoms with Crippen LogP contribution < -0.4 is 0 Å². The van der Waals surface area contributed by atoms with E-state index in [1.165, 1.54) is 5.56 Å². The Balaban J connectivity index is 1.52. The number of piperidine rings is 1. The van der Waals surface area contributed by atoms with E-state index in [9.17, 15) is 4.79 Å². The van der Waals surface area contributed by atoms with E-state index in [-0.39, 0.29) is 11.9 Å². The van der Waals surface area contributed by atoms with E-state index in [2.05, 4.69) is 34.4 Å². The van der Waals surface area contributed by atoms with E-state index < -0.39 is 0 Å². The first-order chi connectivity index (χ1) is 12.1. The molecule has 0 saturated carbocycles. The largest absolute Gasteiger partial charge is 0.341 e. The molecule has 132 valence electrons. The molecule has 1 aromatic heterocycles. The van der Waals surface area contributed by atoms with E-state index in [1.807, 2.05) is 41.6 Å². The molecule has 1 aromatic carbocycles. The van der Waals surface area contributed by atoms with Gasteiger partial charge in [0.05, 0.1) is 6.04 Å². The lowest BCUT2D eigenvalue weighted by atomic mass is 10.0. The first kappa shape index (κ1) is 17.4. The molecule has 1 atom stereocenters. The number of aromatic nitrogens is 3. The van der Waals surface area contributed by atoms with E-state index in [0.29, 0.717) is 6.42 Å². The van der Waals surface area contributed by atoms with E-state index >= 15 is 0 Å². The maximum absolute atomic E-state index is 12.5. The number of rotatable bonds is 5. The number of hydrogen-bond donors (Lipinski definition) is 0. The zero-order valence-electron chi connectivity index (χ0n) is 15.1. The minimum atomic E-state index is 0.233. The molecule has 0 spiro atoms. The van der Waals surface area contributed by atoms with Crippen molar-refractivity contribution in [3.8, 4) is 0 Å². The second-order valence-electron chi connectivity index (χ2n) is 6.64. The summed E-state index contributed by atoms with van der Waals surface area (Å²) in [5.41, 5.74) is 1.17. The summed E-state index contributed by atoms with van der Waals surface area (Å²) in [6.45, 7) is 5.48. The van der Waals surface area contributed by atoms with Gasteiger partial charge in [-0.3, -0.25) is 4.79 Å². The van der Waals surface area contributed by atoms with Crippen molar-refractivity contribution in [1.29, 1.82) is 0 Å². The van der Waals surface area contributed by atoms with Gasteiger partial charge in [-0.25, -0.2) is 9.67 Å². The third-order valence-corrected chi connectivity index (χ3v) is 4.64. The van der Waals surface area contributed by atoms with Crippen LogP contribution in [0.3, 0.4) is 0 Å². The van der Waals surface area contributed by atoms with Crippen LogP contribution in [-0.4, -0.2) is 38.7 Å². The molecule has 2 heterocycles. The third kappa shape index (κ3) is 4.56. The average molecular weight is 338 g/mol. The van der Waals surface area contributed by atoms with Crippen LogP contribution in [0.15, 0.2) is 36.4 Å². The van der Waals surface area contributed by atoms with Gasteiger partial charge in [0.2, 0.25) is 5.91 Å². The number of likely N-dealkylation sites (tertiary alicyclic amines) is 1. The van der Waals surface area contributed by atoms with Crippen LogP contribution in [0.2, 0.25) is 0 Å². The monoisotopic (exact) mass is 338 g/mol. The van der Waals surface area contributed by atoms with Gasteiger partial charge in [0, 0.05) is 19.5 Å². The number of aryl methyl sites for hydroxylation is 2. The summed E-state index contributed by atoms with van der Waals surface area (Å²) < 4.78 is 1.99. The van der Waals surface area contributed by atoms with Gasteiger partial charge < -0.3 is 4.90 Å². The molecule has 5 heteroatoms. The van der Waals surface area contributed by atoms with E-state index in [1.54, 1.807) is 0 Å². The summed E-state index contributed by atoms with van der Waals surface area (Å²) in [6.07, 6.45) is 7.57. The van der Waals surface area contributed by atoms with E-state index in [0.717, 1.165) is 44.0 Å².